The molecule has 0 aliphatic heterocycles. The predicted molar refractivity (Wildman–Crippen MR) is 68.2 cm³/mol. The fourth-order valence-corrected chi connectivity index (χ4v) is 2.03. The average molecular weight is 211 g/mol. The van der Waals surface area contributed by atoms with Gasteiger partial charge in [-0.15, -0.1) is 0 Å². The van der Waals surface area contributed by atoms with Gasteiger partial charge in [0.25, 0.3) is 0 Å². The second-order valence-corrected chi connectivity index (χ2v) is 5.34. The van der Waals surface area contributed by atoms with Crippen LogP contribution in [0.5, 0.6) is 0 Å². The second kappa shape index (κ2) is 8.15. The molecule has 1 saturated carbocycles. The summed E-state index contributed by atoms with van der Waals surface area (Å²) < 4.78 is 0. The Balaban J connectivity index is 1.77. The molecule has 1 aliphatic rings. The van der Waals surface area contributed by atoms with Crippen molar-refractivity contribution in [1.82, 2.24) is 5.32 Å². The number of hydrogen-bond acceptors (Lipinski definition) is 1. The minimum absolute atomic E-state index is 0.886. The summed E-state index contributed by atoms with van der Waals surface area (Å²) in [4.78, 5) is 0. The van der Waals surface area contributed by atoms with Crippen molar-refractivity contribution < 1.29 is 0 Å². The molecular formula is C14H29N. The highest BCUT2D eigenvalue weighted by molar-refractivity contribution is 4.81. The zero-order chi connectivity index (χ0) is 10.9. The highest BCUT2D eigenvalue weighted by atomic mass is 14.9. The van der Waals surface area contributed by atoms with E-state index in [0.717, 1.165) is 12.0 Å². The molecule has 0 aromatic heterocycles. The molecule has 1 N–H and O–H groups in total. The first-order valence-corrected chi connectivity index (χ1v) is 7.06. The largest absolute Gasteiger partial charge is 0.314 e. The van der Waals surface area contributed by atoms with Crippen molar-refractivity contribution in [2.24, 2.45) is 5.92 Å². The number of unbranched alkanes of at least 4 members (excludes halogenated alkanes) is 5. The van der Waals surface area contributed by atoms with Gasteiger partial charge in [-0.25, -0.2) is 0 Å². The highest BCUT2D eigenvalue weighted by Gasteiger charge is 2.20. The van der Waals surface area contributed by atoms with E-state index in [4.69, 9.17) is 0 Å². The van der Waals surface area contributed by atoms with Crippen LogP contribution in [-0.4, -0.2) is 12.6 Å². The molecule has 1 heteroatoms. The second-order valence-electron chi connectivity index (χ2n) is 5.34. The minimum atomic E-state index is 0.886. The van der Waals surface area contributed by atoms with Crippen LogP contribution in [-0.2, 0) is 0 Å². The fraction of sp³-hybridized carbons (Fsp3) is 1.00. The zero-order valence-electron chi connectivity index (χ0n) is 10.7. The van der Waals surface area contributed by atoms with Gasteiger partial charge in [0.05, 0.1) is 0 Å². The summed E-state index contributed by atoms with van der Waals surface area (Å²) in [5.74, 6) is 0.886. The summed E-state index contributed by atoms with van der Waals surface area (Å²) in [6, 6.07) is 0.886. The van der Waals surface area contributed by atoms with Crippen LogP contribution in [0.3, 0.4) is 0 Å². The van der Waals surface area contributed by atoms with Gasteiger partial charge >= 0.3 is 0 Å². The molecule has 1 atom stereocenters. The van der Waals surface area contributed by atoms with Crippen LogP contribution in [0.2, 0.25) is 0 Å². The smallest absolute Gasteiger partial charge is 0.00683 e. The maximum Gasteiger partial charge on any atom is 0.00683 e. The molecule has 0 saturated heterocycles. The molecule has 1 nitrogen and oxygen atoms in total. The van der Waals surface area contributed by atoms with Crippen molar-refractivity contribution in [3.8, 4) is 0 Å². The quantitative estimate of drug-likeness (QED) is 0.536. The SMILES string of the molecule is CCCCCCCCC(C)CNC1CC1. The highest BCUT2D eigenvalue weighted by Crippen LogP contribution is 2.19. The molecule has 1 rings (SSSR count). The third kappa shape index (κ3) is 7.84. The molecule has 0 aromatic rings. The first-order chi connectivity index (χ1) is 7.33. The molecule has 0 spiro atoms. The Morgan fingerprint density at radius 1 is 1.07 bits per heavy atom. The van der Waals surface area contributed by atoms with E-state index in [1.54, 1.807) is 0 Å². The van der Waals surface area contributed by atoms with Crippen LogP contribution in [0, 0.1) is 5.92 Å². The summed E-state index contributed by atoms with van der Waals surface area (Å²) in [6.45, 7) is 5.92. The van der Waals surface area contributed by atoms with E-state index in [0.29, 0.717) is 0 Å². The van der Waals surface area contributed by atoms with Gasteiger partial charge in [-0.2, -0.15) is 0 Å². The van der Waals surface area contributed by atoms with Gasteiger partial charge in [0.2, 0.25) is 0 Å². The van der Waals surface area contributed by atoms with Crippen molar-refractivity contribution in [3.05, 3.63) is 0 Å². The molecule has 0 aromatic carbocycles. The van der Waals surface area contributed by atoms with E-state index in [-0.39, 0.29) is 0 Å². The van der Waals surface area contributed by atoms with E-state index in [9.17, 15) is 0 Å². The summed E-state index contributed by atoms with van der Waals surface area (Å²) in [7, 11) is 0. The van der Waals surface area contributed by atoms with E-state index in [2.05, 4.69) is 19.2 Å². The van der Waals surface area contributed by atoms with Crippen molar-refractivity contribution in [3.63, 3.8) is 0 Å². The van der Waals surface area contributed by atoms with Crippen LogP contribution in [0.4, 0.5) is 0 Å². The lowest BCUT2D eigenvalue weighted by Crippen LogP contribution is -2.23. The van der Waals surface area contributed by atoms with E-state index < -0.39 is 0 Å². The molecule has 0 radical (unpaired) electrons. The van der Waals surface area contributed by atoms with Crippen molar-refractivity contribution in [2.75, 3.05) is 6.54 Å². The summed E-state index contributed by atoms with van der Waals surface area (Å²) in [5, 5.41) is 3.62. The first-order valence-electron chi connectivity index (χ1n) is 7.06. The number of rotatable bonds is 10. The molecule has 1 unspecified atom stereocenters. The molecule has 0 heterocycles. The molecule has 0 amide bonds. The Bertz CT molecular complexity index is 140. The van der Waals surface area contributed by atoms with Gasteiger partial charge < -0.3 is 5.32 Å². The molecule has 1 aliphatic carbocycles. The maximum atomic E-state index is 3.62. The third-order valence-corrected chi connectivity index (χ3v) is 3.38. The van der Waals surface area contributed by atoms with Crippen molar-refractivity contribution in [1.29, 1.82) is 0 Å². The fourth-order valence-electron chi connectivity index (χ4n) is 2.03. The molecule has 1 fully saturated rings. The van der Waals surface area contributed by atoms with Crippen molar-refractivity contribution in [2.45, 2.75) is 77.7 Å². The maximum absolute atomic E-state index is 3.62. The lowest BCUT2D eigenvalue weighted by molar-refractivity contribution is 0.450. The van der Waals surface area contributed by atoms with Gasteiger partial charge in [-0.05, 0) is 31.7 Å². The predicted octanol–water partition coefficient (Wildman–Crippen LogP) is 4.13. The van der Waals surface area contributed by atoms with Crippen LogP contribution in [0.25, 0.3) is 0 Å². The van der Waals surface area contributed by atoms with Crippen LogP contribution in [0.15, 0.2) is 0 Å². The van der Waals surface area contributed by atoms with Gasteiger partial charge in [-0.1, -0.05) is 52.4 Å². The van der Waals surface area contributed by atoms with Crippen LogP contribution in [0.1, 0.15) is 71.6 Å². The third-order valence-electron chi connectivity index (χ3n) is 3.38. The number of hydrogen-bond donors (Lipinski definition) is 1. The normalized spacial score (nSPS) is 18.0. The van der Waals surface area contributed by atoms with Gasteiger partial charge in [0.1, 0.15) is 0 Å². The average Bonchev–Trinajstić information content (AvgIpc) is 3.04. The zero-order valence-corrected chi connectivity index (χ0v) is 10.7. The van der Waals surface area contributed by atoms with Crippen molar-refractivity contribution >= 4 is 0 Å². The number of nitrogens with one attached hydrogen (secondary N) is 1. The van der Waals surface area contributed by atoms with E-state index in [1.807, 2.05) is 0 Å². The van der Waals surface area contributed by atoms with Gasteiger partial charge in [0.15, 0.2) is 0 Å². The summed E-state index contributed by atoms with van der Waals surface area (Å²) in [5.41, 5.74) is 0. The Labute approximate surface area is 96.0 Å². The molecule has 90 valence electrons. The van der Waals surface area contributed by atoms with E-state index >= 15 is 0 Å². The van der Waals surface area contributed by atoms with Crippen LogP contribution >= 0.6 is 0 Å². The van der Waals surface area contributed by atoms with Crippen LogP contribution < -0.4 is 5.32 Å². The molecule has 0 bridgehead atoms. The monoisotopic (exact) mass is 211 g/mol. The van der Waals surface area contributed by atoms with E-state index in [1.165, 1.54) is 64.3 Å². The van der Waals surface area contributed by atoms with Gasteiger partial charge in [-0.3, -0.25) is 0 Å². The minimum Gasteiger partial charge on any atom is -0.314 e. The lowest BCUT2D eigenvalue weighted by Gasteiger charge is -2.11. The first kappa shape index (κ1) is 13.0. The Hall–Kier alpha value is -0.0400. The molecular weight excluding hydrogens is 182 g/mol. The van der Waals surface area contributed by atoms with Gasteiger partial charge in [0, 0.05) is 6.04 Å². The Morgan fingerprint density at radius 3 is 2.40 bits per heavy atom. The summed E-state index contributed by atoms with van der Waals surface area (Å²) in [6.07, 6.45) is 12.9. The Kier molecular flexibility index (Phi) is 7.08. The summed E-state index contributed by atoms with van der Waals surface area (Å²) >= 11 is 0. The topological polar surface area (TPSA) is 12.0 Å². The lowest BCUT2D eigenvalue weighted by atomic mass is 10.0. The standard InChI is InChI=1S/C14H29N/c1-3-4-5-6-7-8-9-13(2)12-15-14-10-11-14/h13-15H,3-12H2,1-2H3. The Morgan fingerprint density at radius 2 is 1.73 bits per heavy atom. The molecule has 15 heavy (non-hydrogen) atoms.